The van der Waals surface area contributed by atoms with E-state index in [0.29, 0.717) is 29.9 Å². The number of Topliss-reactive ketones (excluding diaryl/α,β-unsaturated/α-hetero) is 1. The molecule has 2 amide bonds. The molecule has 3 atom stereocenters. The predicted molar refractivity (Wildman–Crippen MR) is 120 cm³/mol. The van der Waals surface area contributed by atoms with Gasteiger partial charge in [-0.2, -0.15) is 0 Å². The van der Waals surface area contributed by atoms with Crippen LogP contribution in [0.3, 0.4) is 0 Å². The van der Waals surface area contributed by atoms with E-state index >= 15 is 0 Å². The number of carbonyl (C=O) groups is 3. The standard InChI is InChI=1S/C25H23N3O6/c29-18-3-1-2-15(10-18)11-19(25(32)28-9-8-21-23(28)20(30)13-33-21)27-24(31)17-6-4-16(5-7-17)22-12-26-14-34-22/h1-7,10,12,14,19,21,23,29H,8-9,11,13H2,(H,27,31). The molecule has 174 valence electrons. The maximum Gasteiger partial charge on any atom is 0.251 e. The third kappa shape index (κ3) is 4.29. The minimum Gasteiger partial charge on any atom is -0.508 e. The zero-order valence-corrected chi connectivity index (χ0v) is 18.2. The van der Waals surface area contributed by atoms with Crippen molar-refractivity contribution in [3.05, 3.63) is 72.2 Å². The topological polar surface area (TPSA) is 122 Å². The quantitative estimate of drug-likeness (QED) is 0.575. The van der Waals surface area contributed by atoms with Gasteiger partial charge in [0.2, 0.25) is 5.91 Å². The Morgan fingerprint density at radius 1 is 1.21 bits per heavy atom. The monoisotopic (exact) mass is 461 g/mol. The molecule has 0 saturated carbocycles. The van der Waals surface area contributed by atoms with Gasteiger partial charge in [0.1, 0.15) is 24.4 Å². The van der Waals surface area contributed by atoms with Gasteiger partial charge in [0.15, 0.2) is 17.9 Å². The van der Waals surface area contributed by atoms with Crippen LogP contribution in [0.5, 0.6) is 5.75 Å². The van der Waals surface area contributed by atoms with Gasteiger partial charge in [-0.15, -0.1) is 0 Å². The number of fused-ring (bicyclic) bond motifs is 1. The number of phenolic OH excluding ortho intramolecular Hbond substituents is 1. The van der Waals surface area contributed by atoms with Gasteiger partial charge in [0.25, 0.3) is 5.91 Å². The zero-order chi connectivity index (χ0) is 23.7. The molecule has 0 bridgehead atoms. The molecule has 2 aliphatic rings. The molecule has 3 unspecified atom stereocenters. The number of phenols is 1. The number of hydrogen-bond acceptors (Lipinski definition) is 7. The number of ether oxygens (including phenoxy) is 1. The Hall–Kier alpha value is -3.98. The average molecular weight is 461 g/mol. The van der Waals surface area contributed by atoms with E-state index in [1.807, 2.05) is 0 Å². The molecule has 9 heteroatoms. The number of hydrogen-bond donors (Lipinski definition) is 2. The smallest absolute Gasteiger partial charge is 0.251 e. The molecule has 1 aromatic heterocycles. The van der Waals surface area contributed by atoms with Crippen LogP contribution in [-0.4, -0.2) is 63.9 Å². The molecule has 2 saturated heterocycles. The summed E-state index contributed by atoms with van der Waals surface area (Å²) < 4.78 is 10.8. The van der Waals surface area contributed by atoms with E-state index in [2.05, 4.69) is 10.3 Å². The lowest BCUT2D eigenvalue weighted by molar-refractivity contribution is -0.138. The zero-order valence-electron chi connectivity index (χ0n) is 18.2. The van der Waals surface area contributed by atoms with E-state index in [9.17, 15) is 19.5 Å². The summed E-state index contributed by atoms with van der Waals surface area (Å²) in [5, 5.41) is 12.7. The van der Waals surface area contributed by atoms with Crippen molar-refractivity contribution < 1.29 is 28.6 Å². The lowest BCUT2D eigenvalue weighted by atomic mass is 10.0. The molecule has 0 spiro atoms. The van der Waals surface area contributed by atoms with E-state index in [0.717, 1.165) is 5.56 Å². The summed E-state index contributed by atoms with van der Waals surface area (Å²) in [6.07, 6.45) is 3.36. The van der Waals surface area contributed by atoms with Gasteiger partial charge >= 0.3 is 0 Å². The molecular formula is C25H23N3O6. The molecule has 2 N–H and O–H groups in total. The van der Waals surface area contributed by atoms with Crippen LogP contribution in [0, 0.1) is 0 Å². The molecule has 0 aliphatic carbocycles. The molecule has 3 heterocycles. The Morgan fingerprint density at radius 3 is 2.76 bits per heavy atom. The second-order valence-corrected chi connectivity index (χ2v) is 8.42. The fourth-order valence-electron chi connectivity index (χ4n) is 4.55. The lowest BCUT2D eigenvalue weighted by Crippen LogP contribution is -2.53. The Labute approximate surface area is 195 Å². The molecular weight excluding hydrogens is 438 g/mol. The summed E-state index contributed by atoms with van der Waals surface area (Å²) >= 11 is 0. The summed E-state index contributed by atoms with van der Waals surface area (Å²) in [5.41, 5.74) is 1.82. The van der Waals surface area contributed by atoms with Crippen LogP contribution in [-0.2, 0) is 20.7 Å². The van der Waals surface area contributed by atoms with Gasteiger partial charge in [0.05, 0.1) is 12.3 Å². The third-order valence-corrected chi connectivity index (χ3v) is 6.21. The van der Waals surface area contributed by atoms with Crippen molar-refractivity contribution in [2.24, 2.45) is 0 Å². The second kappa shape index (κ2) is 9.11. The van der Waals surface area contributed by atoms with E-state index in [-0.39, 0.29) is 36.6 Å². The van der Waals surface area contributed by atoms with Gasteiger partial charge in [-0.05, 0) is 36.2 Å². The van der Waals surface area contributed by atoms with Crippen molar-refractivity contribution in [2.75, 3.05) is 13.2 Å². The molecule has 2 fully saturated rings. The average Bonchev–Trinajstić information content (AvgIpc) is 3.58. The number of benzene rings is 2. The van der Waals surface area contributed by atoms with Crippen molar-refractivity contribution in [1.29, 1.82) is 0 Å². The number of nitrogens with zero attached hydrogens (tertiary/aromatic N) is 2. The van der Waals surface area contributed by atoms with E-state index in [1.165, 1.54) is 17.4 Å². The fraction of sp³-hybridized carbons (Fsp3) is 0.280. The maximum absolute atomic E-state index is 13.5. The molecule has 5 rings (SSSR count). The van der Waals surface area contributed by atoms with Crippen molar-refractivity contribution in [1.82, 2.24) is 15.2 Å². The van der Waals surface area contributed by atoms with Crippen LogP contribution < -0.4 is 5.32 Å². The first-order valence-electron chi connectivity index (χ1n) is 11.0. The summed E-state index contributed by atoms with van der Waals surface area (Å²) in [5.74, 6) is -0.246. The fourth-order valence-corrected chi connectivity index (χ4v) is 4.55. The number of aromatic hydroxyl groups is 1. The number of oxazole rings is 1. The Morgan fingerprint density at radius 2 is 2.03 bits per heavy atom. The van der Waals surface area contributed by atoms with E-state index in [1.54, 1.807) is 48.7 Å². The van der Waals surface area contributed by atoms with Crippen LogP contribution in [0.25, 0.3) is 11.3 Å². The van der Waals surface area contributed by atoms with Crippen LogP contribution in [0.1, 0.15) is 22.3 Å². The van der Waals surface area contributed by atoms with Crippen LogP contribution in [0.2, 0.25) is 0 Å². The highest BCUT2D eigenvalue weighted by Crippen LogP contribution is 2.28. The minimum atomic E-state index is -0.921. The van der Waals surface area contributed by atoms with Crippen LogP contribution >= 0.6 is 0 Å². The highest BCUT2D eigenvalue weighted by atomic mass is 16.5. The number of carbonyl (C=O) groups excluding carboxylic acids is 3. The predicted octanol–water partition coefficient (Wildman–Crippen LogP) is 1.96. The Balaban J connectivity index is 1.37. The number of rotatable bonds is 6. The first-order chi connectivity index (χ1) is 16.5. The molecule has 9 nitrogen and oxygen atoms in total. The molecule has 0 radical (unpaired) electrons. The third-order valence-electron chi connectivity index (χ3n) is 6.21. The molecule has 3 aromatic rings. The first kappa shape index (κ1) is 21.8. The normalized spacial score (nSPS) is 20.2. The van der Waals surface area contributed by atoms with Gasteiger partial charge in [-0.1, -0.05) is 24.3 Å². The number of likely N-dealkylation sites (tertiary alicyclic amines) is 1. The van der Waals surface area contributed by atoms with E-state index < -0.39 is 18.0 Å². The van der Waals surface area contributed by atoms with Crippen LogP contribution in [0.15, 0.2) is 65.5 Å². The number of aromatic nitrogens is 1. The van der Waals surface area contributed by atoms with Crippen LogP contribution in [0.4, 0.5) is 0 Å². The summed E-state index contributed by atoms with van der Waals surface area (Å²) in [6.45, 7) is 0.387. The summed E-state index contributed by atoms with van der Waals surface area (Å²) in [6, 6.07) is 11.8. The van der Waals surface area contributed by atoms with Gasteiger partial charge < -0.3 is 24.5 Å². The summed E-state index contributed by atoms with van der Waals surface area (Å²) in [4.78, 5) is 44.3. The number of nitrogens with one attached hydrogen (secondary N) is 1. The maximum atomic E-state index is 13.5. The Bertz CT molecular complexity index is 1210. The second-order valence-electron chi connectivity index (χ2n) is 8.42. The SMILES string of the molecule is O=C(NC(Cc1cccc(O)c1)C(=O)N1CCC2OCC(=O)C21)c1ccc(-c2cnco2)cc1. The lowest BCUT2D eigenvalue weighted by Gasteiger charge is -2.27. The summed E-state index contributed by atoms with van der Waals surface area (Å²) in [7, 11) is 0. The van der Waals surface area contributed by atoms with Crippen molar-refractivity contribution in [3.63, 3.8) is 0 Å². The van der Waals surface area contributed by atoms with E-state index in [4.69, 9.17) is 9.15 Å². The highest BCUT2D eigenvalue weighted by Gasteiger charge is 2.48. The first-order valence-corrected chi connectivity index (χ1v) is 11.0. The van der Waals surface area contributed by atoms with Gasteiger partial charge in [-0.3, -0.25) is 14.4 Å². The van der Waals surface area contributed by atoms with Crippen molar-refractivity contribution >= 4 is 17.6 Å². The largest absolute Gasteiger partial charge is 0.508 e. The highest BCUT2D eigenvalue weighted by molar-refractivity contribution is 5.99. The van der Waals surface area contributed by atoms with Gasteiger partial charge in [0, 0.05) is 24.1 Å². The number of amides is 2. The Kier molecular flexibility index (Phi) is 5.85. The molecule has 34 heavy (non-hydrogen) atoms. The van der Waals surface area contributed by atoms with Crippen molar-refractivity contribution in [3.8, 4) is 17.1 Å². The minimum absolute atomic E-state index is 0.000232. The molecule has 2 aliphatic heterocycles. The van der Waals surface area contributed by atoms with Crippen molar-refractivity contribution in [2.45, 2.75) is 31.0 Å². The van der Waals surface area contributed by atoms with Gasteiger partial charge in [-0.25, -0.2) is 4.98 Å². The molecule has 2 aromatic carbocycles. The number of ketones is 1.